The largest absolute Gasteiger partial charge is 0.380 e. The van der Waals surface area contributed by atoms with Crippen molar-refractivity contribution in [3.05, 3.63) is 36.0 Å². The first-order valence-electron chi connectivity index (χ1n) is 6.41. The lowest BCUT2D eigenvalue weighted by Crippen LogP contribution is -2.22. The number of hydrogen-bond acceptors (Lipinski definition) is 3. The van der Waals surface area contributed by atoms with Gasteiger partial charge in [0.1, 0.15) is 5.82 Å². The number of aromatic nitrogens is 1. The van der Waals surface area contributed by atoms with E-state index >= 15 is 0 Å². The van der Waals surface area contributed by atoms with Crippen LogP contribution < -0.4 is 4.90 Å². The SMILES string of the molecule is CO[C@@H]1CCN(c2cc3cccc(C)c3cn2)C1. The Morgan fingerprint density at radius 3 is 3.06 bits per heavy atom. The summed E-state index contributed by atoms with van der Waals surface area (Å²) in [5, 5.41) is 2.50. The molecule has 2 heterocycles. The molecule has 0 amide bonds. The van der Waals surface area contributed by atoms with Gasteiger partial charge in [0.2, 0.25) is 0 Å². The molecule has 1 saturated heterocycles. The summed E-state index contributed by atoms with van der Waals surface area (Å²) < 4.78 is 5.40. The smallest absolute Gasteiger partial charge is 0.129 e. The summed E-state index contributed by atoms with van der Waals surface area (Å²) in [6.07, 6.45) is 3.42. The van der Waals surface area contributed by atoms with Crippen molar-refractivity contribution >= 4 is 16.6 Å². The van der Waals surface area contributed by atoms with E-state index in [1.54, 1.807) is 7.11 Å². The summed E-state index contributed by atoms with van der Waals surface area (Å²) in [6, 6.07) is 8.56. The van der Waals surface area contributed by atoms with Crippen molar-refractivity contribution in [3.8, 4) is 0 Å². The fourth-order valence-corrected chi connectivity index (χ4v) is 2.61. The number of pyridine rings is 1. The molecule has 1 aliphatic heterocycles. The van der Waals surface area contributed by atoms with Crippen molar-refractivity contribution in [3.63, 3.8) is 0 Å². The van der Waals surface area contributed by atoms with Gasteiger partial charge in [-0.2, -0.15) is 0 Å². The Morgan fingerprint density at radius 1 is 1.39 bits per heavy atom. The molecule has 3 rings (SSSR count). The first kappa shape index (κ1) is 11.5. The molecule has 0 aliphatic carbocycles. The van der Waals surface area contributed by atoms with Crippen LogP contribution in [0.4, 0.5) is 5.82 Å². The van der Waals surface area contributed by atoms with Crippen LogP contribution in [0.15, 0.2) is 30.5 Å². The molecule has 2 aromatic rings. The highest BCUT2D eigenvalue weighted by atomic mass is 16.5. The maximum absolute atomic E-state index is 5.40. The van der Waals surface area contributed by atoms with E-state index < -0.39 is 0 Å². The van der Waals surface area contributed by atoms with Crippen molar-refractivity contribution in [1.82, 2.24) is 4.98 Å². The quantitative estimate of drug-likeness (QED) is 0.809. The lowest BCUT2D eigenvalue weighted by atomic mass is 10.1. The average molecular weight is 242 g/mol. The zero-order valence-electron chi connectivity index (χ0n) is 10.9. The molecule has 1 atom stereocenters. The Balaban J connectivity index is 1.94. The van der Waals surface area contributed by atoms with Gasteiger partial charge < -0.3 is 9.64 Å². The van der Waals surface area contributed by atoms with Gasteiger partial charge >= 0.3 is 0 Å². The molecule has 0 saturated carbocycles. The summed E-state index contributed by atoms with van der Waals surface area (Å²) in [7, 11) is 1.78. The molecule has 0 radical (unpaired) electrons. The minimum atomic E-state index is 0.347. The second-order valence-corrected chi connectivity index (χ2v) is 4.93. The summed E-state index contributed by atoms with van der Waals surface area (Å²) in [5.41, 5.74) is 1.28. The number of anilines is 1. The molecule has 1 aliphatic rings. The minimum Gasteiger partial charge on any atom is -0.380 e. The molecule has 0 N–H and O–H groups in total. The summed E-state index contributed by atoms with van der Waals surface area (Å²) in [5.74, 6) is 1.06. The fourth-order valence-electron chi connectivity index (χ4n) is 2.61. The standard InChI is InChI=1S/C15H18N2O/c1-11-4-3-5-12-8-15(16-9-14(11)12)17-7-6-13(10-17)18-2/h3-5,8-9,13H,6-7,10H2,1-2H3/t13-/m1/s1. The molecule has 3 nitrogen and oxygen atoms in total. The number of methoxy groups -OCH3 is 1. The lowest BCUT2D eigenvalue weighted by molar-refractivity contribution is 0.121. The van der Waals surface area contributed by atoms with E-state index in [4.69, 9.17) is 4.74 Å². The molecule has 0 unspecified atom stereocenters. The highest BCUT2D eigenvalue weighted by Crippen LogP contribution is 2.24. The van der Waals surface area contributed by atoms with Gasteiger partial charge in [-0.1, -0.05) is 18.2 Å². The lowest BCUT2D eigenvalue weighted by Gasteiger charge is -2.17. The number of nitrogens with zero attached hydrogens (tertiary/aromatic N) is 2. The number of fused-ring (bicyclic) bond motifs is 1. The third-order valence-corrected chi connectivity index (χ3v) is 3.77. The predicted molar refractivity (Wildman–Crippen MR) is 74.1 cm³/mol. The second-order valence-electron chi connectivity index (χ2n) is 4.93. The van der Waals surface area contributed by atoms with Crippen LogP contribution in [-0.4, -0.2) is 31.3 Å². The van der Waals surface area contributed by atoms with Gasteiger partial charge in [0, 0.05) is 31.8 Å². The molecular weight excluding hydrogens is 224 g/mol. The molecule has 1 aromatic heterocycles. The minimum absolute atomic E-state index is 0.347. The van der Waals surface area contributed by atoms with Crippen molar-refractivity contribution in [2.75, 3.05) is 25.1 Å². The molecular formula is C15H18N2O. The Labute approximate surface area is 107 Å². The first-order chi connectivity index (χ1) is 8.78. The van der Waals surface area contributed by atoms with Crippen molar-refractivity contribution in [1.29, 1.82) is 0 Å². The third-order valence-electron chi connectivity index (χ3n) is 3.77. The second kappa shape index (κ2) is 4.58. The highest BCUT2D eigenvalue weighted by Gasteiger charge is 2.23. The van der Waals surface area contributed by atoms with E-state index in [1.165, 1.54) is 16.3 Å². The van der Waals surface area contributed by atoms with E-state index in [2.05, 4.69) is 41.1 Å². The third kappa shape index (κ3) is 1.95. The average Bonchev–Trinajstić information content (AvgIpc) is 2.87. The van der Waals surface area contributed by atoms with Crippen LogP contribution in [0, 0.1) is 6.92 Å². The van der Waals surface area contributed by atoms with Crippen LogP contribution in [0.2, 0.25) is 0 Å². The molecule has 1 fully saturated rings. The molecule has 1 aromatic carbocycles. The number of benzene rings is 1. The van der Waals surface area contributed by atoms with Crippen LogP contribution in [0.3, 0.4) is 0 Å². The van der Waals surface area contributed by atoms with Gasteiger partial charge in [-0.15, -0.1) is 0 Å². The number of hydrogen-bond donors (Lipinski definition) is 0. The maximum Gasteiger partial charge on any atom is 0.129 e. The van der Waals surface area contributed by atoms with Crippen molar-refractivity contribution in [2.45, 2.75) is 19.4 Å². The Hall–Kier alpha value is -1.61. The Bertz CT molecular complexity index is 567. The fraction of sp³-hybridized carbons (Fsp3) is 0.400. The van der Waals surface area contributed by atoms with Gasteiger partial charge in [-0.05, 0) is 30.4 Å². The van der Waals surface area contributed by atoms with E-state index in [-0.39, 0.29) is 0 Å². The van der Waals surface area contributed by atoms with Crippen LogP contribution in [0.1, 0.15) is 12.0 Å². The monoisotopic (exact) mass is 242 g/mol. The van der Waals surface area contributed by atoms with Gasteiger partial charge in [-0.3, -0.25) is 0 Å². The van der Waals surface area contributed by atoms with Crippen molar-refractivity contribution < 1.29 is 4.74 Å². The van der Waals surface area contributed by atoms with Gasteiger partial charge in [0.15, 0.2) is 0 Å². The van der Waals surface area contributed by atoms with Crippen LogP contribution >= 0.6 is 0 Å². The Morgan fingerprint density at radius 2 is 2.28 bits per heavy atom. The highest BCUT2D eigenvalue weighted by molar-refractivity contribution is 5.86. The predicted octanol–water partition coefficient (Wildman–Crippen LogP) is 2.77. The van der Waals surface area contributed by atoms with Crippen molar-refractivity contribution in [2.24, 2.45) is 0 Å². The molecule has 18 heavy (non-hydrogen) atoms. The molecule has 94 valence electrons. The number of rotatable bonds is 2. The maximum atomic E-state index is 5.40. The molecule has 0 spiro atoms. The molecule has 3 heteroatoms. The Kier molecular flexibility index (Phi) is 2.92. The van der Waals surface area contributed by atoms with E-state index in [9.17, 15) is 0 Å². The van der Waals surface area contributed by atoms with Crippen LogP contribution in [0.25, 0.3) is 10.8 Å². The number of ether oxygens (including phenoxy) is 1. The van der Waals surface area contributed by atoms with Crippen LogP contribution in [0.5, 0.6) is 0 Å². The first-order valence-corrected chi connectivity index (χ1v) is 6.41. The molecule has 0 bridgehead atoms. The number of aryl methyl sites for hydroxylation is 1. The summed E-state index contributed by atoms with van der Waals surface area (Å²) in [6.45, 7) is 4.10. The summed E-state index contributed by atoms with van der Waals surface area (Å²) in [4.78, 5) is 6.89. The normalized spacial score (nSPS) is 19.7. The van der Waals surface area contributed by atoms with E-state index in [1.807, 2.05) is 6.20 Å². The van der Waals surface area contributed by atoms with E-state index in [0.717, 1.165) is 25.3 Å². The topological polar surface area (TPSA) is 25.4 Å². The summed E-state index contributed by atoms with van der Waals surface area (Å²) >= 11 is 0. The zero-order chi connectivity index (χ0) is 12.5. The zero-order valence-corrected chi connectivity index (χ0v) is 10.9. The van der Waals surface area contributed by atoms with Gasteiger partial charge in [-0.25, -0.2) is 4.98 Å². The van der Waals surface area contributed by atoms with Gasteiger partial charge in [0.05, 0.1) is 6.10 Å². The van der Waals surface area contributed by atoms with Crippen LogP contribution in [-0.2, 0) is 4.74 Å². The van der Waals surface area contributed by atoms with E-state index in [0.29, 0.717) is 6.10 Å². The van der Waals surface area contributed by atoms with Gasteiger partial charge in [0.25, 0.3) is 0 Å².